The molecule has 1 amide bonds. The number of anilines is 1. The molecule has 0 bridgehead atoms. The average Bonchev–Trinajstić information content (AvgIpc) is 2.53. The molecule has 0 aliphatic carbocycles. The van der Waals surface area contributed by atoms with Gasteiger partial charge in [-0.3, -0.25) is 9.78 Å². The van der Waals surface area contributed by atoms with Crippen LogP contribution < -0.4 is 10.6 Å². The third-order valence-electron chi connectivity index (χ3n) is 3.05. The molecular formula is C15H15F3N4O. The highest BCUT2D eigenvalue weighted by Gasteiger charge is 2.26. The van der Waals surface area contributed by atoms with E-state index in [1.807, 2.05) is 0 Å². The minimum absolute atomic E-state index is 0.124. The molecule has 0 aliphatic heterocycles. The Morgan fingerprint density at radius 1 is 1.22 bits per heavy atom. The molecular weight excluding hydrogens is 309 g/mol. The van der Waals surface area contributed by atoms with Crippen LogP contribution in [0.4, 0.5) is 19.0 Å². The van der Waals surface area contributed by atoms with E-state index in [0.717, 1.165) is 0 Å². The highest BCUT2D eigenvalue weighted by atomic mass is 19.4. The largest absolute Gasteiger partial charge is 0.405 e. The molecule has 2 heterocycles. The number of halogens is 3. The van der Waals surface area contributed by atoms with Crippen molar-refractivity contribution in [2.24, 2.45) is 0 Å². The lowest BCUT2D eigenvalue weighted by Crippen LogP contribution is -2.26. The number of aromatic nitrogens is 2. The lowest BCUT2D eigenvalue weighted by Gasteiger charge is -2.15. The van der Waals surface area contributed by atoms with E-state index < -0.39 is 12.7 Å². The first-order valence-electron chi connectivity index (χ1n) is 6.82. The van der Waals surface area contributed by atoms with Gasteiger partial charge in [0.2, 0.25) is 0 Å². The van der Waals surface area contributed by atoms with Gasteiger partial charge in [0.05, 0.1) is 6.04 Å². The Morgan fingerprint density at radius 2 is 1.91 bits per heavy atom. The molecule has 0 saturated carbocycles. The fourth-order valence-corrected chi connectivity index (χ4v) is 1.82. The summed E-state index contributed by atoms with van der Waals surface area (Å²) < 4.78 is 36.3. The molecule has 0 saturated heterocycles. The molecule has 23 heavy (non-hydrogen) atoms. The van der Waals surface area contributed by atoms with Gasteiger partial charge in [-0.15, -0.1) is 0 Å². The van der Waals surface area contributed by atoms with Gasteiger partial charge in [0.25, 0.3) is 5.91 Å². The second-order valence-electron chi connectivity index (χ2n) is 4.88. The summed E-state index contributed by atoms with van der Waals surface area (Å²) in [5, 5.41) is 4.97. The molecule has 1 unspecified atom stereocenters. The number of hydrogen-bond acceptors (Lipinski definition) is 4. The van der Waals surface area contributed by atoms with E-state index in [0.29, 0.717) is 11.1 Å². The van der Waals surface area contributed by atoms with Gasteiger partial charge in [0, 0.05) is 24.2 Å². The number of hydrogen-bond donors (Lipinski definition) is 2. The molecule has 0 radical (unpaired) electrons. The second-order valence-corrected chi connectivity index (χ2v) is 4.88. The average molecular weight is 324 g/mol. The summed E-state index contributed by atoms with van der Waals surface area (Å²) in [5.74, 6) is -0.141. The highest BCUT2D eigenvalue weighted by molar-refractivity contribution is 5.94. The zero-order valence-electron chi connectivity index (χ0n) is 12.3. The first kappa shape index (κ1) is 16.7. The maximum atomic E-state index is 12.1. The van der Waals surface area contributed by atoms with Crippen LogP contribution in [0, 0.1) is 0 Å². The van der Waals surface area contributed by atoms with Gasteiger partial charge in [-0.2, -0.15) is 13.2 Å². The van der Waals surface area contributed by atoms with E-state index in [9.17, 15) is 18.0 Å². The summed E-state index contributed by atoms with van der Waals surface area (Å²) in [7, 11) is 0. The van der Waals surface area contributed by atoms with Crippen molar-refractivity contribution in [2.45, 2.75) is 19.1 Å². The van der Waals surface area contributed by atoms with Crippen LogP contribution in [0.1, 0.15) is 28.9 Å². The van der Waals surface area contributed by atoms with Gasteiger partial charge < -0.3 is 10.6 Å². The summed E-state index contributed by atoms with van der Waals surface area (Å²) in [5.41, 5.74) is 1.16. The van der Waals surface area contributed by atoms with Gasteiger partial charge in [-0.05, 0) is 30.7 Å². The summed E-state index contributed by atoms with van der Waals surface area (Å²) in [6.45, 7) is 0.618. The van der Waals surface area contributed by atoms with Crippen molar-refractivity contribution < 1.29 is 18.0 Å². The van der Waals surface area contributed by atoms with E-state index in [2.05, 4.69) is 20.6 Å². The Labute approximate surface area is 131 Å². The smallest absolute Gasteiger partial charge is 0.361 e. The minimum Gasteiger partial charge on any atom is -0.361 e. The Kier molecular flexibility index (Phi) is 5.15. The molecule has 1 atom stereocenters. The molecule has 2 aromatic heterocycles. The molecule has 2 N–H and O–H groups in total. The lowest BCUT2D eigenvalue weighted by atomic mass is 10.1. The number of carbonyl (C=O) groups excluding carboxylic acids is 1. The van der Waals surface area contributed by atoms with Gasteiger partial charge in [0.15, 0.2) is 0 Å². The van der Waals surface area contributed by atoms with Gasteiger partial charge >= 0.3 is 6.18 Å². The van der Waals surface area contributed by atoms with Gasteiger partial charge in [-0.25, -0.2) is 4.98 Å². The predicted molar refractivity (Wildman–Crippen MR) is 78.9 cm³/mol. The van der Waals surface area contributed by atoms with Crippen molar-refractivity contribution in [3.05, 3.63) is 54.0 Å². The van der Waals surface area contributed by atoms with Crippen molar-refractivity contribution >= 4 is 11.7 Å². The fourth-order valence-electron chi connectivity index (χ4n) is 1.82. The first-order chi connectivity index (χ1) is 10.8. The summed E-state index contributed by atoms with van der Waals surface area (Å²) in [6.07, 6.45) is 0.160. The number of nitrogens with zero attached hydrogens (tertiary/aromatic N) is 2. The summed E-state index contributed by atoms with van der Waals surface area (Å²) in [6, 6.07) is 5.90. The molecule has 8 heteroatoms. The number of amides is 1. The molecule has 0 aliphatic rings. The third-order valence-corrected chi connectivity index (χ3v) is 3.05. The van der Waals surface area contributed by atoms with Crippen molar-refractivity contribution in [2.75, 3.05) is 11.9 Å². The van der Waals surface area contributed by atoms with E-state index >= 15 is 0 Å². The maximum Gasteiger partial charge on any atom is 0.405 e. The maximum absolute atomic E-state index is 12.1. The monoisotopic (exact) mass is 324 g/mol. The van der Waals surface area contributed by atoms with Gasteiger partial charge in [0.1, 0.15) is 12.4 Å². The topological polar surface area (TPSA) is 66.9 Å². The van der Waals surface area contributed by atoms with Crippen LogP contribution in [0.15, 0.2) is 42.9 Å². The predicted octanol–water partition coefficient (Wildman–Crippen LogP) is 2.94. The lowest BCUT2D eigenvalue weighted by molar-refractivity contribution is -0.115. The Balaban J connectivity index is 1.95. The number of alkyl halides is 3. The first-order valence-corrected chi connectivity index (χ1v) is 6.82. The number of pyridine rings is 2. The number of nitrogens with one attached hydrogen (secondary N) is 2. The van der Waals surface area contributed by atoms with E-state index in [-0.39, 0.29) is 17.8 Å². The van der Waals surface area contributed by atoms with Crippen LogP contribution in [-0.4, -0.2) is 28.6 Å². The van der Waals surface area contributed by atoms with Crippen LogP contribution in [0.3, 0.4) is 0 Å². The van der Waals surface area contributed by atoms with Crippen LogP contribution in [0.2, 0.25) is 0 Å². The van der Waals surface area contributed by atoms with Crippen LogP contribution in [-0.2, 0) is 0 Å². The van der Waals surface area contributed by atoms with Crippen molar-refractivity contribution in [3.8, 4) is 0 Å². The van der Waals surface area contributed by atoms with Crippen LogP contribution in [0.5, 0.6) is 0 Å². The van der Waals surface area contributed by atoms with Crippen molar-refractivity contribution in [3.63, 3.8) is 0 Å². The third kappa shape index (κ3) is 5.24. The van der Waals surface area contributed by atoms with Crippen molar-refractivity contribution in [1.29, 1.82) is 0 Å². The standard InChI is InChI=1S/C15H15F3N4O/c1-10(22-14(23)11-4-6-19-7-5-11)12-2-3-13(20-8-12)21-9-15(16,17)18/h2-8,10H,9H2,1H3,(H,20,21)(H,22,23). The van der Waals surface area contributed by atoms with Crippen LogP contribution in [0.25, 0.3) is 0 Å². The quantitative estimate of drug-likeness (QED) is 0.887. The molecule has 0 spiro atoms. The van der Waals surface area contributed by atoms with Gasteiger partial charge in [-0.1, -0.05) is 6.07 Å². The SMILES string of the molecule is CC(NC(=O)c1ccncc1)c1ccc(NCC(F)(F)F)nc1. The highest BCUT2D eigenvalue weighted by Crippen LogP contribution is 2.17. The number of carbonyl (C=O) groups is 1. The molecule has 122 valence electrons. The molecule has 0 fully saturated rings. The van der Waals surface area contributed by atoms with Crippen LogP contribution >= 0.6 is 0 Å². The molecule has 5 nitrogen and oxygen atoms in total. The zero-order valence-corrected chi connectivity index (χ0v) is 12.3. The van der Waals surface area contributed by atoms with E-state index in [1.54, 1.807) is 25.1 Å². The van der Waals surface area contributed by atoms with E-state index in [1.165, 1.54) is 24.7 Å². The number of rotatable bonds is 5. The van der Waals surface area contributed by atoms with Crippen molar-refractivity contribution in [1.82, 2.24) is 15.3 Å². The normalized spacial score (nSPS) is 12.5. The Hall–Kier alpha value is -2.64. The Morgan fingerprint density at radius 3 is 2.48 bits per heavy atom. The molecule has 2 rings (SSSR count). The fraction of sp³-hybridized carbons (Fsp3) is 0.267. The van der Waals surface area contributed by atoms with E-state index in [4.69, 9.17) is 0 Å². The Bertz CT molecular complexity index is 644. The molecule has 0 aromatic carbocycles. The minimum atomic E-state index is -4.30. The zero-order chi connectivity index (χ0) is 16.9. The molecule has 2 aromatic rings. The summed E-state index contributed by atoms with van der Waals surface area (Å²) >= 11 is 0. The summed E-state index contributed by atoms with van der Waals surface area (Å²) in [4.78, 5) is 19.8. The second kappa shape index (κ2) is 7.08.